The highest BCUT2D eigenvalue weighted by molar-refractivity contribution is 14.1. The van der Waals surface area contributed by atoms with Gasteiger partial charge in [-0.15, -0.1) is 0 Å². The zero-order valence-corrected chi connectivity index (χ0v) is 14.2. The van der Waals surface area contributed by atoms with E-state index >= 15 is 0 Å². The number of halogens is 1. The molecular formula is C14H16INO6. The average molecular weight is 421 g/mol. The van der Waals surface area contributed by atoms with Gasteiger partial charge in [-0.25, -0.2) is 4.79 Å². The Morgan fingerprint density at radius 1 is 1.50 bits per heavy atom. The highest BCUT2D eigenvalue weighted by atomic mass is 127. The third-order valence-electron chi connectivity index (χ3n) is 3.44. The molecule has 7 nitrogen and oxygen atoms in total. The molecule has 1 saturated heterocycles. The Hall–Kier alpha value is -1.39. The van der Waals surface area contributed by atoms with E-state index in [-0.39, 0.29) is 17.9 Å². The molecule has 0 aromatic heterocycles. The van der Waals surface area contributed by atoms with Crippen LogP contribution in [0.25, 0.3) is 0 Å². The molecule has 22 heavy (non-hydrogen) atoms. The van der Waals surface area contributed by atoms with Crippen LogP contribution in [-0.4, -0.2) is 40.6 Å². The molecular weight excluding hydrogens is 405 g/mol. The molecule has 120 valence electrons. The van der Waals surface area contributed by atoms with Crippen LogP contribution in [0, 0.1) is 3.57 Å². The van der Waals surface area contributed by atoms with E-state index in [9.17, 15) is 14.7 Å². The molecule has 2 atom stereocenters. The first-order chi connectivity index (χ1) is 10.3. The SMILES string of the molecule is CCC1(C)OCC(C(=O)Nc2cc(C(=O)O)c(O)cc2I)O1. The van der Waals surface area contributed by atoms with Gasteiger partial charge in [-0.1, -0.05) is 6.92 Å². The van der Waals surface area contributed by atoms with Crippen LogP contribution in [0.2, 0.25) is 0 Å². The maximum Gasteiger partial charge on any atom is 0.339 e. The molecule has 2 rings (SSSR count). The second kappa shape index (κ2) is 6.39. The first kappa shape index (κ1) is 17.0. The minimum Gasteiger partial charge on any atom is -0.507 e. The van der Waals surface area contributed by atoms with Gasteiger partial charge in [0.05, 0.1) is 12.3 Å². The van der Waals surface area contributed by atoms with Gasteiger partial charge in [-0.2, -0.15) is 0 Å². The number of benzene rings is 1. The zero-order valence-electron chi connectivity index (χ0n) is 12.1. The molecule has 1 aliphatic rings. The predicted molar refractivity (Wildman–Crippen MR) is 85.9 cm³/mol. The van der Waals surface area contributed by atoms with Crippen LogP contribution in [-0.2, 0) is 14.3 Å². The Morgan fingerprint density at radius 3 is 2.73 bits per heavy atom. The minimum atomic E-state index is -1.27. The molecule has 0 spiro atoms. The van der Waals surface area contributed by atoms with Gasteiger partial charge >= 0.3 is 5.97 Å². The Kier molecular flexibility index (Phi) is 4.93. The van der Waals surface area contributed by atoms with Gasteiger partial charge in [0.2, 0.25) is 0 Å². The topological polar surface area (TPSA) is 105 Å². The molecule has 0 bridgehead atoms. The third kappa shape index (κ3) is 3.50. The van der Waals surface area contributed by atoms with Gasteiger partial charge in [0.25, 0.3) is 5.91 Å². The van der Waals surface area contributed by atoms with Crippen LogP contribution in [0.5, 0.6) is 5.75 Å². The highest BCUT2D eigenvalue weighted by Crippen LogP contribution is 2.30. The second-order valence-corrected chi connectivity index (χ2v) is 6.21. The van der Waals surface area contributed by atoms with Crippen molar-refractivity contribution >= 4 is 40.2 Å². The van der Waals surface area contributed by atoms with Crippen LogP contribution in [0.3, 0.4) is 0 Å². The van der Waals surface area contributed by atoms with E-state index in [1.165, 1.54) is 12.1 Å². The highest BCUT2D eigenvalue weighted by Gasteiger charge is 2.39. The largest absolute Gasteiger partial charge is 0.507 e. The molecule has 1 aliphatic heterocycles. The Labute approximate surface area is 140 Å². The molecule has 3 N–H and O–H groups in total. The maximum atomic E-state index is 12.2. The summed E-state index contributed by atoms with van der Waals surface area (Å²) < 4.78 is 11.5. The summed E-state index contributed by atoms with van der Waals surface area (Å²) in [4.78, 5) is 23.2. The smallest absolute Gasteiger partial charge is 0.339 e. The molecule has 0 saturated carbocycles. The van der Waals surface area contributed by atoms with Crippen molar-refractivity contribution in [1.29, 1.82) is 0 Å². The predicted octanol–water partition coefficient (Wildman–Crippen LogP) is 2.18. The lowest BCUT2D eigenvalue weighted by Crippen LogP contribution is -2.33. The number of hydrogen-bond donors (Lipinski definition) is 3. The van der Waals surface area contributed by atoms with E-state index in [0.29, 0.717) is 15.7 Å². The van der Waals surface area contributed by atoms with E-state index in [4.69, 9.17) is 14.6 Å². The summed E-state index contributed by atoms with van der Waals surface area (Å²) in [7, 11) is 0. The number of ether oxygens (including phenoxy) is 2. The number of carbonyl (C=O) groups excluding carboxylic acids is 1. The van der Waals surface area contributed by atoms with Gasteiger partial charge in [0.15, 0.2) is 11.9 Å². The van der Waals surface area contributed by atoms with Crippen molar-refractivity contribution in [2.24, 2.45) is 0 Å². The molecule has 0 radical (unpaired) electrons. The van der Waals surface area contributed by atoms with Crippen molar-refractivity contribution in [3.63, 3.8) is 0 Å². The Morgan fingerprint density at radius 2 is 2.18 bits per heavy atom. The normalized spacial score (nSPS) is 24.2. The lowest BCUT2D eigenvalue weighted by Gasteiger charge is -2.20. The summed E-state index contributed by atoms with van der Waals surface area (Å²) in [5, 5.41) is 21.2. The van der Waals surface area contributed by atoms with Crippen LogP contribution in [0.1, 0.15) is 30.6 Å². The first-order valence-corrected chi connectivity index (χ1v) is 7.72. The number of hydrogen-bond acceptors (Lipinski definition) is 5. The van der Waals surface area contributed by atoms with Crippen molar-refractivity contribution in [3.05, 3.63) is 21.3 Å². The fourth-order valence-corrected chi connectivity index (χ4v) is 2.56. The second-order valence-electron chi connectivity index (χ2n) is 5.05. The molecule has 0 aliphatic carbocycles. The monoisotopic (exact) mass is 421 g/mol. The summed E-state index contributed by atoms with van der Waals surface area (Å²) >= 11 is 1.90. The van der Waals surface area contributed by atoms with Crippen molar-refractivity contribution in [2.75, 3.05) is 11.9 Å². The maximum absolute atomic E-state index is 12.2. The summed E-state index contributed by atoms with van der Waals surface area (Å²) in [6.45, 7) is 3.78. The number of aromatic hydroxyl groups is 1. The van der Waals surface area contributed by atoms with Crippen molar-refractivity contribution in [2.45, 2.75) is 32.2 Å². The van der Waals surface area contributed by atoms with Gasteiger partial charge < -0.3 is 25.0 Å². The molecule has 2 unspecified atom stereocenters. The van der Waals surface area contributed by atoms with E-state index < -0.39 is 23.8 Å². The quantitative estimate of drug-likeness (QED) is 0.509. The summed E-state index contributed by atoms with van der Waals surface area (Å²) in [6.07, 6.45) is -0.153. The van der Waals surface area contributed by atoms with Crippen LogP contribution >= 0.6 is 22.6 Å². The van der Waals surface area contributed by atoms with Crippen molar-refractivity contribution in [1.82, 2.24) is 0 Å². The zero-order chi connectivity index (χ0) is 16.5. The first-order valence-electron chi connectivity index (χ1n) is 6.64. The molecule has 1 aromatic carbocycles. The minimum absolute atomic E-state index is 0.136. The van der Waals surface area contributed by atoms with Gasteiger partial charge in [0.1, 0.15) is 11.3 Å². The average Bonchev–Trinajstić information content (AvgIpc) is 2.85. The van der Waals surface area contributed by atoms with Crippen LogP contribution < -0.4 is 5.32 Å². The van der Waals surface area contributed by atoms with Crippen molar-refractivity contribution in [3.8, 4) is 5.75 Å². The fourth-order valence-electron chi connectivity index (χ4n) is 1.98. The van der Waals surface area contributed by atoms with Crippen LogP contribution in [0.4, 0.5) is 5.69 Å². The van der Waals surface area contributed by atoms with Crippen molar-refractivity contribution < 1.29 is 29.3 Å². The standard InChI is InChI=1S/C14H16INO6/c1-3-14(2)21-6-11(22-14)12(18)16-9-4-7(13(19)20)10(17)5-8(9)15/h4-5,11,17H,3,6H2,1-2H3,(H,16,18)(H,19,20). The number of carbonyl (C=O) groups is 2. The van der Waals surface area contributed by atoms with E-state index in [2.05, 4.69) is 5.32 Å². The van der Waals surface area contributed by atoms with E-state index in [0.717, 1.165) is 0 Å². The number of carboxylic acids is 1. The van der Waals surface area contributed by atoms with Gasteiger partial charge in [0, 0.05) is 3.57 Å². The molecule has 1 fully saturated rings. The summed E-state index contributed by atoms with van der Waals surface area (Å²) in [5.41, 5.74) is 0.0206. The number of carboxylic acid groups (broad SMARTS) is 1. The molecule has 1 amide bonds. The van der Waals surface area contributed by atoms with Gasteiger partial charge in [-0.05, 0) is 48.1 Å². The van der Waals surface area contributed by atoms with Crippen LogP contribution in [0.15, 0.2) is 12.1 Å². The van der Waals surface area contributed by atoms with E-state index in [1.54, 1.807) is 6.92 Å². The molecule has 1 heterocycles. The number of amides is 1. The molecule has 8 heteroatoms. The fraction of sp³-hybridized carbons (Fsp3) is 0.429. The lowest BCUT2D eigenvalue weighted by molar-refractivity contribution is -0.161. The Balaban J connectivity index is 2.16. The third-order valence-corrected chi connectivity index (χ3v) is 4.33. The van der Waals surface area contributed by atoms with E-state index in [1.807, 2.05) is 29.5 Å². The summed E-state index contributed by atoms with van der Waals surface area (Å²) in [6, 6.07) is 2.49. The lowest BCUT2D eigenvalue weighted by atomic mass is 10.1. The number of aromatic carboxylic acids is 1. The Bertz CT molecular complexity index is 620. The number of anilines is 1. The summed E-state index contributed by atoms with van der Waals surface area (Å²) in [5.74, 6) is -2.83. The van der Waals surface area contributed by atoms with Gasteiger partial charge in [-0.3, -0.25) is 4.79 Å². The number of phenols is 1. The number of rotatable bonds is 4. The number of nitrogens with one attached hydrogen (secondary N) is 1. The molecule has 1 aromatic rings.